The average Bonchev–Trinajstić information content (AvgIpc) is 2.96. The van der Waals surface area contributed by atoms with E-state index in [4.69, 9.17) is 0 Å². The van der Waals surface area contributed by atoms with E-state index in [1.807, 2.05) is 17.5 Å². The Balaban J connectivity index is 1.78. The highest BCUT2D eigenvalue weighted by molar-refractivity contribution is 7.09. The predicted molar refractivity (Wildman–Crippen MR) is 78.6 cm³/mol. The van der Waals surface area contributed by atoms with E-state index in [9.17, 15) is 14.0 Å². The van der Waals surface area contributed by atoms with Crippen molar-refractivity contribution in [2.24, 2.45) is 0 Å². The molecular formula is C15H13FN2O2S. The molecule has 2 amide bonds. The topological polar surface area (TPSA) is 58.2 Å². The van der Waals surface area contributed by atoms with E-state index in [1.54, 1.807) is 17.4 Å². The van der Waals surface area contributed by atoms with Gasteiger partial charge in [-0.05, 0) is 29.1 Å². The number of nitrogens with one attached hydrogen (secondary N) is 2. The molecule has 1 aliphatic heterocycles. The molecule has 0 spiro atoms. The van der Waals surface area contributed by atoms with Crippen molar-refractivity contribution in [3.8, 4) is 0 Å². The summed E-state index contributed by atoms with van der Waals surface area (Å²) >= 11 is 1.56. The van der Waals surface area contributed by atoms with Gasteiger partial charge in [-0.25, -0.2) is 4.39 Å². The summed E-state index contributed by atoms with van der Waals surface area (Å²) in [7, 11) is 0. The fraction of sp³-hybridized carbons (Fsp3) is 0.200. The molecular weight excluding hydrogens is 291 g/mol. The van der Waals surface area contributed by atoms with Crippen LogP contribution < -0.4 is 10.6 Å². The Hall–Kier alpha value is -2.21. The molecule has 2 N–H and O–H groups in total. The lowest BCUT2D eigenvalue weighted by molar-refractivity contribution is -0.126. The molecule has 0 bridgehead atoms. The SMILES string of the molecule is O=C1CC(C(=O)NCc2cccs2)c2ccc(F)cc2N1. The third-order valence-corrected chi connectivity index (χ3v) is 4.26. The molecule has 6 heteroatoms. The van der Waals surface area contributed by atoms with Gasteiger partial charge in [0.25, 0.3) is 0 Å². The molecule has 1 unspecified atom stereocenters. The lowest BCUT2D eigenvalue weighted by atomic mass is 9.89. The van der Waals surface area contributed by atoms with Crippen LogP contribution in [0.15, 0.2) is 35.7 Å². The smallest absolute Gasteiger partial charge is 0.228 e. The van der Waals surface area contributed by atoms with Gasteiger partial charge in [0.05, 0.1) is 12.5 Å². The Kier molecular flexibility index (Phi) is 3.70. The summed E-state index contributed by atoms with van der Waals surface area (Å²) in [5, 5.41) is 7.37. The molecule has 1 atom stereocenters. The second-order valence-electron chi connectivity index (χ2n) is 4.83. The number of amides is 2. The van der Waals surface area contributed by atoms with Crippen molar-refractivity contribution >= 4 is 28.8 Å². The predicted octanol–water partition coefficient (Wildman–Crippen LogP) is 2.63. The maximum Gasteiger partial charge on any atom is 0.228 e. The molecule has 0 saturated heterocycles. The number of fused-ring (bicyclic) bond motifs is 1. The Morgan fingerprint density at radius 1 is 1.43 bits per heavy atom. The Labute approximate surface area is 125 Å². The second-order valence-corrected chi connectivity index (χ2v) is 5.87. The van der Waals surface area contributed by atoms with Crippen molar-refractivity contribution in [3.05, 3.63) is 52.0 Å². The first kappa shape index (κ1) is 13.8. The maximum atomic E-state index is 13.2. The summed E-state index contributed by atoms with van der Waals surface area (Å²) in [6.45, 7) is 0.436. The van der Waals surface area contributed by atoms with Gasteiger partial charge < -0.3 is 10.6 Å². The summed E-state index contributed by atoms with van der Waals surface area (Å²) < 4.78 is 13.2. The molecule has 21 heavy (non-hydrogen) atoms. The lowest BCUT2D eigenvalue weighted by Gasteiger charge is -2.24. The van der Waals surface area contributed by atoms with Gasteiger partial charge in [0.2, 0.25) is 11.8 Å². The van der Waals surface area contributed by atoms with Crippen LogP contribution >= 0.6 is 11.3 Å². The number of benzene rings is 1. The number of thiophene rings is 1. The van der Waals surface area contributed by atoms with E-state index in [-0.39, 0.29) is 18.2 Å². The van der Waals surface area contributed by atoms with Gasteiger partial charge in [0.1, 0.15) is 5.82 Å². The first-order chi connectivity index (χ1) is 10.1. The zero-order chi connectivity index (χ0) is 14.8. The van der Waals surface area contributed by atoms with Gasteiger partial charge in [0.15, 0.2) is 0 Å². The molecule has 3 rings (SSSR count). The van der Waals surface area contributed by atoms with E-state index in [2.05, 4.69) is 10.6 Å². The van der Waals surface area contributed by atoms with E-state index in [0.717, 1.165) is 4.88 Å². The zero-order valence-corrected chi connectivity index (χ0v) is 11.9. The number of carbonyl (C=O) groups excluding carboxylic acids is 2. The van der Waals surface area contributed by atoms with Crippen LogP contribution in [-0.4, -0.2) is 11.8 Å². The van der Waals surface area contributed by atoms with E-state index in [1.165, 1.54) is 12.1 Å². The molecule has 2 heterocycles. The van der Waals surface area contributed by atoms with Crippen LogP contribution in [0.25, 0.3) is 0 Å². The third-order valence-electron chi connectivity index (χ3n) is 3.39. The van der Waals surface area contributed by atoms with Crippen LogP contribution in [-0.2, 0) is 16.1 Å². The summed E-state index contributed by atoms with van der Waals surface area (Å²) in [6, 6.07) is 7.95. The Bertz CT molecular complexity index is 685. The van der Waals surface area contributed by atoms with Crippen molar-refractivity contribution in [2.75, 3.05) is 5.32 Å². The Morgan fingerprint density at radius 3 is 3.05 bits per heavy atom. The Morgan fingerprint density at radius 2 is 2.29 bits per heavy atom. The van der Waals surface area contributed by atoms with Gasteiger partial charge in [-0.3, -0.25) is 9.59 Å². The number of hydrogen-bond acceptors (Lipinski definition) is 3. The average molecular weight is 304 g/mol. The minimum Gasteiger partial charge on any atom is -0.351 e. The van der Waals surface area contributed by atoms with Crippen molar-refractivity contribution in [1.82, 2.24) is 5.32 Å². The first-order valence-electron chi connectivity index (χ1n) is 6.53. The minimum absolute atomic E-state index is 0.0783. The fourth-order valence-corrected chi connectivity index (χ4v) is 3.03. The largest absolute Gasteiger partial charge is 0.351 e. The summed E-state index contributed by atoms with van der Waals surface area (Å²) in [4.78, 5) is 25.0. The minimum atomic E-state index is -0.575. The van der Waals surface area contributed by atoms with E-state index < -0.39 is 11.7 Å². The standard InChI is InChI=1S/C15H13FN2O2S/c16-9-3-4-11-12(7-14(19)18-13(11)6-9)15(20)17-8-10-2-1-5-21-10/h1-6,12H,7-8H2,(H,17,20)(H,18,19). The number of rotatable bonds is 3. The third kappa shape index (κ3) is 2.95. The second kappa shape index (κ2) is 5.65. The van der Waals surface area contributed by atoms with Gasteiger partial charge in [-0.2, -0.15) is 0 Å². The molecule has 0 radical (unpaired) electrons. The number of anilines is 1. The molecule has 1 aliphatic rings. The molecule has 0 aliphatic carbocycles. The van der Waals surface area contributed by atoms with Crippen molar-refractivity contribution in [3.63, 3.8) is 0 Å². The molecule has 0 saturated carbocycles. The molecule has 1 aromatic carbocycles. The summed E-state index contributed by atoms with van der Waals surface area (Å²) in [5.41, 5.74) is 1.03. The molecule has 108 valence electrons. The van der Waals surface area contributed by atoms with Crippen LogP contribution in [0.5, 0.6) is 0 Å². The number of halogens is 1. The lowest BCUT2D eigenvalue weighted by Crippen LogP contribution is -2.34. The van der Waals surface area contributed by atoms with Crippen LogP contribution in [0, 0.1) is 5.82 Å². The normalized spacial score (nSPS) is 17.0. The van der Waals surface area contributed by atoms with Gasteiger partial charge >= 0.3 is 0 Å². The van der Waals surface area contributed by atoms with Crippen LogP contribution in [0.4, 0.5) is 10.1 Å². The number of hydrogen-bond donors (Lipinski definition) is 2. The van der Waals surface area contributed by atoms with E-state index in [0.29, 0.717) is 17.8 Å². The maximum absolute atomic E-state index is 13.2. The van der Waals surface area contributed by atoms with Crippen molar-refractivity contribution in [2.45, 2.75) is 18.9 Å². The van der Waals surface area contributed by atoms with Crippen molar-refractivity contribution in [1.29, 1.82) is 0 Å². The van der Waals surface area contributed by atoms with Gasteiger partial charge in [-0.1, -0.05) is 12.1 Å². The number of carbonyl (C=O) groups is 2. The molecule has 0 fully saturated rings. The van der Waals surface area contributed by atoms with Crippen molar-refractivity contribution < 1.29 is 14.0 Å². The monoisotopic (exact) mass is 304 g/mol. The fourth-order valence-electron chi connectivity index (χ4n) is 2.38. The van der Waals surface area contributed by atoms with Crippen LogP contribution in [0.2, 0.25) is 0 Å². The van der Waals surface area contributed by atoms with Gasteiger partial charge in [0, 0.05) is 17.0 Å². The summed E-state index contributed by atoms with van der Waals surface area (Å²) in [6.07, 6.45) is 0.0783. The summed E-state index contributed by atoms with van der Waals surface area (Å²) in [5.74, 6) is -1.50. The highest BCUT2D eigenvalue weighted by Gasteiger charge is 2.30. The van der Waals surface area contributed by atoms with Crippen LogP contribution in [0.1, 0.15) is 22.8 Å². The zero-order valence-electron chi connectivity index (χ0n) is 11.1. The highest BCUT2D eigenvalue weighted by atomic mass is 32.1. The highest BCUT2D eigenvalue weighted by Crippen LogP contribution is 2.32. The van der Waals surface area contributed by atoms with Gasteiger partial charge in [-0.15, -0.1) is 11.3 Å². The molecule has 1 aromatic heterocycles. The quantitative estimate of drug-likeness (QED) is 0.916. The van der Waals surface area contributed by atoms with Crippen LogP contribution in [0.3, 0.4) is 0 Å². The molecule has 4 nitrogen and oxygen atoms in total. The first-order valence-corrected chi connectivity index (χ1v) is 7.41. The molecule has 2 aromatic rings. The van der Waals surface area contributed by atoms with E-state index >= 15 is 0 Å².